The highest BCUT2D eigenvalue weighted by molar-refractivity contribution is 5.97. The molecule has 0 atom stereocenters. The topological polar surface area (TPSA) is 12.5 Å². The van der Waals surface area contributed by atoms with E-state index in [9.17, 15) is 0 Å². The first kappa shape index (κ1) is 12.2. The standard InChI is InChI=1S/C18H21NO/c1-3-7-16-14(5-1)13-15-6-2-4-8-17(15)18(16)19-9-11-20-12-10-19/h1,3,5,7,13H,2,4,6,8-12H2. The van der Waals surface area contributed by atoms with Gasteiger partial charge in [-0.2, -0.15) is 0 Å². The van der Waals surface area contributed by atoms with Crippen LogP contribution in [0.15, 0.2) is 30.3 Å². The summed E-state index contributed by atoms with van der Waals surface area (Å²) < 4.78 is 5.54. The zero-order valence-electron chi connectivity index (χ0n) is 11.9. The van der Waals surface area contributed by atoms with Crippen LogP contribution in [0.5, 0.6) is 0 Å². The number of nitrogens with zero attached hydrogens (tertiary/aromatic N) is 1. The van der Waals surface area contributed by atoms with Gasteiger partial charge in [-0.05, 0) is 42.2 Å². The fraction of sp³-hybridized carbons (Fsp3) is 0.444. The highest BCUT2D eigenvalue weighted by atomic mass is 16.5. The highest BCUT2D eigenvalue weighted by Crippen LogP contribution is 2.37. The Balaban J connectivity index is 1.94. The van der Waals surface area contributed by atoms with Gasteiger partial charge in [0.15, 0.2) is 0 Å². The fourth-order valence-corrected chi connectivity index (χ4v) is 3.70. The van der Waals surface area contributed by atoms with E-state index < -0.39 is 0 Å². The molecule has 2 aliphatic rings. The van der Waals surface area contributed by atoms with Crippen LogP contribution in [-0.2, 0) is 17.6 Å². The first-order valence-corrected chi connectivity index (χ1v) is 7.80. The molecule has 0 spiro atoms. The molecule has 0 amide bonds. The second-order valence-electron chi connectivity index (χ2n) is 5.89. The largest absolute Gasteiger partial charge is 0.378 e. The summed E-state index contributed by atoms with van der Waals surface area (Å²) >= 11 is 0. The quantitative estimate of drug-likeness (QED) is 0.783. The van der Waals surface area contributed by atoms with Gasteiger partial charge in [-0.3, -0.25) is 0 Å². The molecule has 2 aromatic carbocycles. The van der Waals surface area contributed by atoms with Crippen molar-refractivity contribution in [1.29, 1.82) is 0 Å². The lowest BCUT2D eigenvalue weighted by molar-refractivity contribution is 0.122. The number of fused-ring (bicyclic) bond motifs is 2. The monoisotopic (exact) mass is 267 g/mol. The maximum Gasteiger partial charge on any atom is 0.0642 e. The van der Waals surface area contributed by atoms with Gasteiger partial charge in [0.2, 0.25) is 0 Å². The molecule has 1 saturated heterocycles. The smallest absolute Gasteiger partial charge is 0.0642 e. The summed E-state index contributed by atoms with van der Waals surface area (Å²) in [5, 5.41) is 2.82. The number of ether oxygens (including phenoxy) is 1. The van der Waals surface area contributed by atoms with Crippen LogP contribution in [0, 0.1) is 0 Å². The van der Waals surface area contributed by atoms with Crippen molar-refractivity contribution in [2.24, 2.45) is 0 Å². The molecule has 0 saturated carbocycles. The summed E-state index contributed by atoms with van der Waals surface area (Å²) in [4.78, 5) is 2.55. The molecule has 1 heterocycles. The zero-order valence-corrected chi connectivity index (χ0v) is 11.9. The Bertz CT molecular complexity index is 629. The second-order valence-corrected chi connectivity index (χ2v) is 5.89. The minimum absolute atomic E-state index is 0.859. The van der Waals surface area contributed by atoms with Crippen molar-refractivity contribution in [1.82, 2.24) is 0 Å². The lowest BCUT2D eigenvalue weighted by atomic mass is 9.87. The van der Waals surface area contributed by atoms with E-state index in [0.29, 0.717) is 0 Å². The highest BCUT2D eigenvalue weighted by Gasteiger charge is 2.21. The van der Waals surface area contributed by atoms with Crippen molar-refractivity contribution in [3.8, 4) is 0 Å². The summed E-state index contributed by atoms with van der Waals surface area (Å²) in [6.45, 7) is 3.77. The van der Waals surface area contributed by atoms with Crippen LogP contribution in [0.4, 0.5) is 5.69 Å². The van der Waals surface area contributed by atoms with Crippen molar-refractivity contribution in [3.63, 3.8) is 0 Å². The molecule has 1 fully saturated rings. The third-order valence-corrected chi connectivity index (χ3v) is 4.67. The summed E-state index contributed by atoms with van der Waals surface area (Å²) in [6.07, 6.45) is 5.17. The van der Waals surface area contributed by atoms with Crippen LogP contribution in [0.3, 0.4) is 0 Å². The van der Waals surface area contributed by atoms with Gasteiger partial charge in [0.1, 0.15) is 0 Å². The minimum atomic E-state index is 0.859. The van der Waals surface area contributed by atoms with E-state index in [1.54, 1.807) is 11.1 Å². The average molecular weight is 267 g/mol. The maximum absolute atomic E-state index is 5.54. The van der Waals surface area contributed by atoms with Crippen molar-refractivity contribution in [3.05, 3.63) is 41.5 Å². The van der Waals surface area contributed by atoms with Crippen molar-refractivity contribution >= 4 is 16.5 Å². The molecule has 1 aliphatic heterocycles. The van der Waals surface area contributed by atoms with Gasteiger partial charge in [-0.15, -0.1) is 0 Å². The molecule has 0 N–H and O–H groups in total. The van der Waals surface area contributed by atoms with E-state index in [2.05, 4.69) is 35.2 Å². The Labute approximate surface area is 120 Å². The molecule has 0 unspecified atom stereocenters. The molecule has 1 aliphatic carbocycles. The summed E-state index contributed by atoms with van der Waals surface area (Å²) in [5.41, 5.74) is 4.69. The van der Waals surface area contributed by atoms with Crippen LogP contribution in [0.2, 0.25) is 0 Å². The number of benzene rings is 2. The third-order valence-electron chi connectivity index (χ3n) is 4.67. The number of aryl methyl sites for hydroxylation is 1. The SMILES string of the molecule is c1ccc2c(N3CCOCC3)c3c(cc2c1)CCCC3. The van der Waals surface area contributed by atoms with E-state index in [1.807, 2.05) is 0 Å². The van der Waals surface area contributed by atoms with Gasteiger partial charge < -0.3 is 9.64 Å². The lowest BCUT2D eigenvalue weighted by Crippen LogP contribution is -2.37. The molecule has 104 valence electrons. The fourth-order valence-electron chi connectivity index (χ4n) is 3.70. The van der Waals surface area contributed by atoms with Crippen LogP contribution in [0.25, 0.3) is 10.8 Å². The Morgan fingerprint density at radius 2 is 1.75 bits per heavy atom. The predicted octanol–water partition coefficient (Wildman–Crippen LogP) is 3.56. The van der Waals surface area contributed by atoms with Crippen LogP contribution < -0.4 is 4.90 Å². The molecule has 2 nitrogen and oxygen atoms in total. The van der Waals surface area contributed by atoms with Gasteiger partial charge in [0.05, 0.1) is 13.2 Å². The Morgan fingerprint density at radius 3 is 2.65 bits per heavy atom. The van der Waals surface area contributed by atoms with Gasteiger partial charge in [0, 0.05) is 24.2 Å². The van der Waals surface area contributed by atoms with E-state index >= 15 is 0 Å². The van der Waals surface area contributed by atoms with Crippen molar-refractivity contribution in [2.75, 3.05) is 31.2 Å². The Hall–Kier alpha value is -1.54. The molecule has 0 aromatic heterocycles. The number of anilines is 1. The zero-order chi connectivity index (χ0) is 13.4. The molecule has 2 heteroatoms. The molecular formula is C18H21NO. The maximum atomic E-state index is 5.54. The van der Waals surface area contributed by atoms with Crippen molar-refractivity contribution < 1.29 is 4.74 Å². The number of morpholine rings is 1. The molecular weight excluding hydrogens is 246 g/mol. The van der Waals surface area contributed by atoms with E-state index in [0.717, 1.165) is 26.3 Å². The first-order valence-electron chi connectivity index (χ1n) is 7.80. The lowest BCUT2D eigenvalue weighted by Gasteiger charge is -2.34. The Kier molecular flexibility index (Phi) is 3.12. The first-order chi connectivity index (χ1) is 9.93. The number of hydrogen-bond acceptors (Lipinski definition) is 2. The number of rotatable bonds is 1. The van der Waals surface area contributed by atoms with E-state index in [1.165, 1.54) is 42.1 Å². The van der Waals surface area contributed by atoms with Crippen LogP contribution in [-0.4, -0.2) is 26.3 Å². The van der Waals surface area contributed by atoms with Crippen LogP contribution >= 0.6 is 0 Å². The van der Waals surface area contributed by atoms with E-state index in [4.69, 9.17) is 4.74 Å². The summed E-state index contributed by atoms with van der Waals surface area (Å²) in [6, 6.07) is 11.3. The Morgan fingerprint density at radius 1 is 0.950 bits per heavy atom. The number of hydrogen-bond donors (Lipinski definition) is 0. The van der Waals surface area contributed by atoms with Crippen LogP contribution in [0.1, 0.15) is 24.0 Å². The van der Waals surface area contributed by atoms with Gasteiger partial charge in [-0.25, -0.2) is 0 Å². The third kappa shape index (κ3) is 1.99. The van der Waals surface area contributed by atoms with Gasteiger partial charge in [-0.1, -0.05) is 30.3 Å². The predicted molar refractivity (Wildman–Crippen MR) is 83.6 cm³/mol. The minimum Gasteiger partial charge on any atom is -0.378 e. The van der Waals surface area contributed by atoms with Gasteiger partial charge in [0.25, 0.3) is 0 Å². The average Bonchev–Trinajstić information content (AvgIpc) is 2.53. The molecule has 4 rings (SSSR count). The van der Waals surface area contributed by atoms with Gasteiger partial charge >= 0.3 is 0 Å². The molecule has 2 aromatic rings. The van der Waals surface area contributed by atoms with Crippen molar-refractivity contribution in [2.45, 2.75) is 25.7 Å². The summed E-state index contributed by atoms with van der Waals surface area (Å²) in [5.74, 6) is 0. The molecule has 0 radical (unpaired) electrons. The normalized spacial score (nSPS) is 19.1. The second kappa shape index (κ2) is 5.10. The summed E-state index contributed by atoms with van der Waals surface area (Å²) in [7, 11) is 0. The van der Waals surface area contributed by atoms with E-state index in [-0.39, 0.29) is 0 Å². The molecule has 0 bridgehead atoms. The molecule has 20 heavy (non-hydrogen) atoms.